The van der Waals surface area contributed by atoms with Crippen LogP contribution in [0.5, 0.6) is 11.5 Å². The quantitative estimate of drug-likeness (QED) is 0.530. The van der Waals surface area contributed by atoms with E-state index in [4.69, 9.17) is 4.74 Å². The minimum absolute atomic E-state index is 0.0222. The van der Waals surface area contributed by atoms with Crippen LogP contribution in [0.2, 0.25) is 0 Å². The smallest absolute Gasteiger partial charge is 0.130 e. The van der Waals surface area contributed by atoms with Gasteiger partial charge in [0, 0.05) is 19.3 Å². The predicted octanol–water partition coefficient (Wildman–Crippen LogP) is 5.79. The summed E-state index contributed by atoms with van der Waals surface area (Å²) in [5, 5.41) is 10.1. The highest BCUT2D eigenvalue weighted by atomic mass is 16.5. The average molecular weight is 417 g/mol. The summed E-state index contributed by atoms with van der Waals surface area (Å²) >= 11 is 0. The third-order valence-corrected chi connectivity index (χ3v) is 6.12. The molecule has 4 heteroatoms. The van der Waals surface area contributed by atoms with Gasteiger partial charge in [-0.25, -0.2) is 0 Å². The van der Waals surface area contributed by atoms with Crippen molar-refractivity contribution in [3.05, 3.63) is 88.7 Å². The van der Waals surface area contributed by atoms with Gasteiger partial charge in [-0.3, -0.25) is 9.88 Å². The number of aliphatic hydroxyl groups is 1. The molecule has 2 heterocycles. The van der Waals surface area contributed by atoms with Crippen molar-refractivity contribution in [2.45, 2.75) is 52.2 Å². The molecular weight excluding hydrogens is 384 g/mol. The summed E-state index contributed by atoms with van der Waals surface area (Å²) in [7, 11) is 0. The van der Waals surface area contributed by atoms with Crippen molar-refractivity contribution in [1.29, 1.82) is 0 Å². The van der Waals surface area contributed by atoms with E-state index >= 15 is 0 Å². The van der Waals surface area contributed by atoms with Crippen molar-refractivity contribution in [2.75, 3.05) is 13.1 Å². The minimum atomic E-state index is 0.0222. The fraction of sp³-hybridized carbons (Fsp3) is 0.370. The van der Waals surface area contributed by atoms with Gasteiger partial charge in [-0.15, -0.1) is 0 Å². The number of ether oxygens (including phenoxy) is 1. The van der Waals surface area contributed by atoms with Crippen LogP contribution in [0.15, 0.2) is 60.8 Å². The van der Waals surface area contributed by atoms with Crippen LogP contribution in [-0.4, -0.2) is 28.1 Å². The van der Waals surface area contributed by atoms with Gasteiger partial charge in [0.05, 0.1) is 12.3 Å². The fourth-order valence-electron chi connectivity index (χ4n) is 4.41. The summed E-state index contributed by atoms with van der Waals surface area (Å²) in [4.78, 5) is 7.00. The Kier molecular flexibility index (Phi) is 6.69. The number of aryl methyl sites for hydroxylation is 1. The Hall–Kier alpha value is -2.69. The van der Waals surface area contributed by atoms with E-state index in [0.717, 1.165) is 48.8 Å². The van der Waals surface area contributed by atoms with E-state index in [1.807, 2.05) is 36.5 Å². The van der Waals surface area contributed by atoms with E-state index in [0.29, 0.717) is 11.8 Å². The van der Waals surface area contributed by atoms with Crippen LogP contribution in [0.25, 0.3) is 0 Å². The highest BCUT2D eigenvalue weighted by Gasteiger charge is 2.26. The topological polar surface area (TPSA) is 45.6 Å². The predicted molar refractivity (Wildman–Crippen MR) is 125 cm³/mol. The molecule has 162 valence electrons. The molecule has 1 aliphatic rings. The van der Waals surface area contributed by atoms with E-state index in [1.54, 1.807) is 0 Å². The number of likely N-dealkylation sites (tertiary alicyclic amines) is 1. The number of para-hydroxylation sites is 1. The zero-order valence-corrected chi connectivity index (χ0v) is 18.7. The van der Waals surface area contributed by atoms with E-state index in [2.05, 4.69) is 54.9 Å². The maximum absolute atomic E-state index is 10.1. The van der Waals surface area contributed by atoms with Crippen LogP contribution in [0.1, 0.15) is 60.1 Å². The SMILES string of the molecule is Cc1ccc(CN2CCC(c3ccc(Oc4ccccc4C(C)C)cc3CO)C2)nc1. The number of aliphatic hydroxyl groups excluding tert-OH is 1. The molecule has 2 aromatic carbocycles. The Morgan fingerprint density at radius 3 is 2.71 bits per heavy atom. The average Bonchev–Trinajstić information content (AvgIpc) is 3.23. The van der Waals surface area contributed by atoms with Crippen LogP contribution in [0.4, 0.5) is 0 Å². The summed E-state index contributed by atoms with van der Waals surface area (Å²) in [5.74, 6) is 2.47. The van der Waals surface area contributed by atoms with Crippen LogP contribution in [-0.2, 0) is 13.2 Å². The Labute approximate surface area is 185 Å². The Bertz CT molecular complexity index is 1010. The van der Waals surface area contributed by atoms with Crippen LogP contribution in [0.3, 0.4) is 0 Å². The van der Waals surface area contributed by atoms with Gasteiger partial charge >= 0.3 is 0 Å². The number of nitrogens with zero attached hydrogens (tertiary/aromatic N) is 2. The zero-order valence-electron chi connectivity index (χ0n) is 18.7. The number of aromatic nitrogens is 1. The van der Waals surface area contributed by atoms with Gasteiger partial charge in [-0.1, -0.05) is 44.2 Å². The maximum Gasteiger partial charge on any atom is 0.130 e. The standard InChI is InChI=1S/C27H32N2O2/c1-19(2)25-6-4-5-7-27(25)31-24-10-11-26(22(14-24)18-30)21-12-13-29(16-21)17-23-9-8-20(3)15-28-23/h4-11,14-15,19,21,30H,12-13,16-18H2,1-3H3. The molecule has 0 aliphatic carbocycles. The Balaban J connectivity index is 1.47. The van der Waals surface area contributed by atoms with Gasteiger partial charge in [-0.05, 0) is 78.2 Å². The Morgan fingerprint density at radius 2 is 1.97 bits per heavy atom. The van der Waals surface area contributed by atoms with Crippen molar-refractivity contribution < 1.29 is 9.84 Å². The number of hydrogen-bond acceptors (Lipinski definition) is 4. The molecular formula is C27H32N2O2. The van der Waals surface area contributed by atoms with Gasteiger partial charge < -0.3 is 9.84 Å². The van der Waals surface area contributed by atoms with Gasteiger partial charge in [0.25, 0.3) is 0 Å². The third kappa shape index (κ3) is 5.15. The lowest BCUT2D eigenvalue weighted by Crippen LogP contribution is -2.20. The molecule has 1 aliphatic heterocycles. The van der Waals surface area contributed by atoms with Gasteiger partial charge in [0.2, 0.25) is 0 Å². The first-order valence-electron chi connectivity index (χ1n) is 11.2. The minimum Gasteiger partial charge on any atom is -0.457 e. The van der Waals surface area contributed by atoms with Crippen LogP contribution in [0, 0.1) is 6.92 Å². The first-order chi connectivity index (χ1) is 15.0. The van der Waals surface area contributed by atoms with E-state index in [9.17, 15) is 5.11 Å². The zero-order chi connectivity index (χ0) is 21.8. The van der Waals surface area contributed by atoms with Crippen molar-refractivity contribution in [3.8, 4) is 11.5 Å². The maximum atomic E-state index is 10.1. The van der Waals surface area contributed by atoms with Gasteiger partial charge in [0.15, 0.2) is 0 Å². The molecule has 1 atom stereocenters. The number of rotatable bonds is 7. The molecule has 0 saturated carbocycles. The summed E-state index contributed by atoms with van der Waals surface area (Å²) in [6.07, 6.45) is 3.03. The molecule has 0 spiro atoms. The number of benzene rings is 2. The highest BCUT2D eigenvalue weighted by molar-refractivity contribution is 5.43. The first-order valence-corrected chi connectivity index (χ1v) is 11.2. The second-order valence-electron chi connectivity index (χ2n) is 8.86. The lowest BCUT2D eigenvalue weighted by atomic mass is 9.93. The molecule has 1 aromatic heterocycles. The first kappa shape index (κ1) is 21.5. The second kappa shape index (κ2) is 9.63. The number of hydrogen-bond donors (Lipinski definition) is 1. The summed E-state index contributed by atoms with van der Waals surface area (Å²) in [5.41, 5.74) is 5.68. The molecule has 0 bridgehead atoms. The van der Waals surface area contributed by atoms with Crippen molar-refractivity contribution in [2.24, 2.45) is 0 Å². The Morgan fingerprint density at radius 1 is 1.13 bits per heavy atom. The summed E-state index contributed by atoms with van der Waals surface area (Å²) in [6, 6.07) is 18.6. The lowest BCUT2D eigenvalue weighted by molar-refractivity contribution is 0.278. The summed E-state index contributed by atoms with van der Waals surface area (Å²) < 4.78 is 6.21. The lowest BCUT2D eigenvalue weighted by Gasteiger charge is -2.19. The molecule has 3 aromatic rings. The summed E-state index contributed by atoms with van der Waals surface area (Å²) in [6.45, 7) is 9.33. The normalized spacial score (nSPS) is 16.7. The largest absolute Gasteiger partial charge is 0.457 e. The molecule has 1 saturated heterocycles. The highest BCUT2D eigenvalue weighted by Crippen LogP contribution is 2.35. The molecule has 0 radical (unpaired) electrons. The molecule has 4 rings (SSSR count). The molecule has 0 amide bonds. The fourth-order valence-corrected chi connectivity index (χ4v) is 4.41. The van der Waals surface area contributed by atoms with Gasteiger partial charge in [0.1, 0.15) is 11.5 Å². The molecule has 4 nitrogen and oxygen atoms in total. The van der Waals surface area contributed by atoms with E-state index in [-0.39, 0.29) is 6.61 Å². The van der Waals surface area contributed by atoms with E-state index in [1.165, 1.54) is 16.7 Å². The van der Waals surface area contributed by atoms with Crippen LogP contribution < -0.4 is 4.74 Å². The van der Waals surface area contributed by atoms with Crippen molar-refractivity contribution >= 4 is 0 Å². The van der Waals surface area contributed by atoms with E-state index < -0.39 is 0 Å². The molecule has 1 fully saturated rings. The van der Waals surface area contributed by atoms with Gasteiger partial charge in [-0.2, -0.15) is 0 Å². The molecule has 31 heavy (non-hydrogen) atoms. The second-order valence-corrected chi connectivity index (χ2v) is 8.86. The number of pyridine rings is 1. The van der Waals surface area contributed by atoms with Crippen molar-refractivity contribution in [3.63, 3.8) is 0 Å². The monoisotopic (exact) mass is 416 g/mol. The third-order valence-electron chi connectivity index (χ3n) is 6.12. The van der Waals surface area contributed by atoms with Crippen LogP contribution >= 0.6 is 0 Å². The molecule has 1 N–H and O–H groups in total. The van der Waals surface area contributed by atoms with Crippen molar-refractivity contribution in [1.82, 2.24) is 9.88 Å². The molecule has 1 unspecified atom stereocenters.